The van der Waals surface area contributed by atoms with E-state index in [1.807, 2.05) is 11.9 Å². The molecule has 0 saturated carbocycles. The van der Waals surface area contributed by atoms with Crippen LogP contribution in [0.3, 0.4) is 0 Å². The van der Waals surface area contributed by atoms with Crippen molar-refractivity contribution >= 4 is 11.8 Å². The second-order valence-corrected chi connectivity index (χ2v) is 4.80. The Morgan fingerprint density at radius 1 is 1.14 bits per heavy atom. The van der Waals surface area contributed by atoms with Gasteiger partial charge in [-0.2, -0.15) is 13.2 Å². The van der Waals surface area contributed by atoms with Crippen molar-refractivity contribution in [3.8, 4) is 0 Å². The lowest BCUT2D eigenvalue weighted by Gasteiger charge is -2.35. The molecule has 0 spiro atoms. The molecular weight excluding hydrogens is 289 g/mol. The number of carbonyl (C=O) groups excluding carboxylic acids is 2. The highest BCUT2D eigenvalue weighted by Crippen LogP contribution is 2.25. The second-order valence-electron chi connectivity index (χ2n) is 4.80. The molecular formula is C13H19F3N2O3. The van der Waals surface area contributed by atoms with E-state index in [-0.39, 0.29) is 12.3 Å². The Bertz CT molecular complexity index is 438. The first-order chi connectivity index (χ1) is 9.68. The number of ketones is 1. The molecule has 1 fully saturated rings. The van der Waals surface area contributed by atoms with Gasteiger partial charge in [0.05, 0.1) is 6.61 Å². The zero-order valence-corrected chi connectivity index (χ0v) is 12.3. The lowest BCUT2D eigenvalue weighted by atomic mass is 10.1. The van der Waals surface area contributed by atoms with Gasteiger partial charge in [-0.05, 0) is 20.9 Å². The minimum atomic E-state index is -5.10. The maximum atomic E-state index is 12.7. The fourth-order valence-corrected chi connectivity index (χ4v) is 2.05. The Balaban J connectivity index is 3.12. The van der Waals surface area contributed by atoms with Gasteiger partial charge < -0.3 is 14.5 Å². The summed E-state index contributed by atoms with van der Waals surface area (Å²) in [7, 11) is 1.89. The molecule has 21 heavy (non-hydrogen) atoms. The summed E-state index contributed by atoms with van der Waals surface area (Å²) in [5.41, 5.74) is -0.905. The van der Waals surface area contributed by atoms with Crippen LogP contribution in [-0.2, 0) is 14.3 Å². The highest BCUT2D eigenvalue weighted by molar-refractivity contribution is 6.19. The molecule has 0 aromatic rings. The van der Waals surface area contributed by atoms with Crippen LogP contribution in [0, 0.1) is 0 Å². The number of Topliss-reactive ketones (excluding diaryl/α,β-unsaturated/α-hetero) is 1. The fraction of sp³-hybridized carbons (Fsp3) is 0.692. The Labute approximate surface area is 121 Å². The molecule has 0 amide bonds. The van der Waals surface area contributed by atoms with E-state index in [1.165, 1.54) is 13.8 Å². The lowest BCUT2D eigenvalue weighted by molar-refractivity contribution is -0.169. The van der Waals surface area contributed by atoms with Gasteiger partial charge in [0.2, 0.25) is 0 Å². The monoisotopic (exact) mass is 308 g/mol. The van der Waals surface area contributed by atoms with E-state index in [2.05, 4.69) is 4.74 Å². The fourth-order valence-electron chi connectivity index (χ4n) is 2.05. The van der Waals surface area contributed by atoms with Crippen LogP contribution in [0.4, 0.5) is 13.2 Å². The van der Waals surface area contributed by atoms with Gasteiger partial charge >= 0.3 is 12.1 Å². The zero-order chi connectivity index (χ0) is 16.2. The molecule has 0 bridgehead atoms. The van der Waals surface area contributed by atoms with Crippen LogP contribution in [0.1, 0.15) is 13.8 Å². The molecule has 0 aromatic heterocycles. The Kier molecular flexibility index (Phi) is 5.77. The van der Waals surface area contributed by atoms with Crippen LogP contribution < -0.4 is 0 Å². The molecule has 120 valence electrons. The molecule has 0 aliphatic carbocycles. The summed E-state index contributed by atoms with van der Waals surface area (Å²) in [6, 6.07) is 0. The van der Waals surface area contributed by atoms with Gasteiger partial charge in [-0.15, -0.1) is 0 Å². The van der Waals surface area contributed by atoms with E-state index in [9.17, 15) is 22.8 Å². The average molecular weight is 308 g/mol. The van der Waals surface area contributed by atoms with Gasteiger partial charge in [0, 0.05) is 31.9 Å². The number of hydrogen-bond acceptors (Lipinski definition) is 5. The summed E-state index contributed by atoms with van der Waals surface area (Å²) >= 11 is 0. The molecule has 1 heterocycles. The van der Waals surface area contributed by atoms with E-state index in [4.69, 9.17) is 0 Å². The van der Waals surface area contributed by atoms with E-state index in [0.29, 0.717) is 26.2 Å². The minimum absolute atomic E-state index is 0.0175. The summed E-state index contributed by atoms with van der Waals surface area (Å²) in [5.74, 6) is -3.38. The topological polar surface area (TPSA) is 49.9 Å². The number of carbonyl (C=O) groups is 2. The largest absolute Gasteiger partial charge is 0.462 e. The Morgan fingerprint density at radius 2 is 1.67 bits per heavy atom. The maximum absolute atomic E-state index is 12.7. The number of piperazine rings is 1. The van der Waals surface area contributed by atoms with E-state index >= 15 is 0 Å². The molecule has 5 nitrogen and oxygen atoms in total. The Morgan fingerprint density at radius 3 is 2.10 bits per heavy atom. The van der Waals surface area contributed by atoms with E-state index in [1.54, 1.807) is 4.90 Å². The quantitative estimate of drug-likeness (QED) is 0.338. The van der Waals surface area contributed by atoms with Crippen LogP contribution in [0.5, 0.6) is 0 Å². The molecule has 0 aromatic carbocycles. The first-order valence-electron chi connectivity index (χ1n) is 6.61. The number of rotatable bonds is 4. The standard InChI is InChI=1S/C13H19F3N2O3/c1-4-21-12(20)10(11(19)13(14,15)16)9(2)18-7-5-17(3)6-8-18/h4-8H2,1-3H3/b10-9-. The SMILES string of the molecule is CCOC(=O)/C(C(=O)C(F)(F)F)=C(/C)N1CCN(C)CC1. The van der Waals surface area contributed by atoms with E-state index < -0.39 is 23.5 Å². The normalized spacial score (nSPS) is 18.3. The summed E-state index contributed by atoms with van der Waals surface area (Å²) < 4.78 is 42.6. The summed E-state index contributed by atoms with van der Waals surface area (Å²) in [6.07, 6.45) is -5.10. The first-order valence-corrected chi connectivity index (χ1v) is 6.61. The number of halogens is 3. The van der Waals surface area contributed by atoms with Gasteiger partial charge in [-0.1, -0.05) is 0 Å². The Hall–Kier alpha value is -1.57. The second kappa shape index (κ2) is 6.93. The molecule has 1 saturated heterocycles. The number of allylic oxidation sites excluding steroid dienone is 1. The van der Waals surface area contributed by atoms with Crippen LogP contribution in [0.25, 0.3) is 0 Å². The molecule has 0 N–H and O–H groups in total. The van der Waals surface area contributed by atoms with Gasteiger partial charge in [0.25, 0.3) is 5.78 Å². The average Bonchev–Trinajstić information content (AvgIpc) is 2.38. The summed E-state index contributed by atoms with van der Waals surface area (Å²) in [4.78, 5) is 26.9. The smallest absolute Gasteiger partial charge is 0.455 e. The number of ether oxygens (including phenoxy) is 1. The minimum Gasteiger partial charge on any atom is -0.462 e. The van der Waals surface area contributed by atoms with E-state index in [0.717, 1.165) is 0 Å². The van der Waals surface area contributed by atoms with Crippen LogP contribution in [-0.4, -0.2) is 67.6 Å². The lowest BCUT2D eigenvalue weighted by Crippen LogP contribution is -2.45. The van der Waals surface area contributed by atoms with Gasteiger partial charge in [-0.25, -0.2) is 4.79 Å². The van der Waals surface area contributed by atoms with Crippen LogP contribution in [0.15, 0.2) is 11.3 Å². The molecule has 1 aliphatic heterocycles. The zero-order valence-electron chi connectivity index (χ0n) is 12.3. The number of hydrogen-bond donors (Lipinski definition) is 0. The third kappa shape index (κ3) is 4.45. The highest BCUT2D eigenvalue weighted by Gasteiger charge is 2.45. The first kappa shape index (κ1) is 17.5. The van der Waals surface area contributed by atoms with Crippen molar-refractivity contribution in [2.45, 2.75) is 20.0 Å². The van der Waals surface area contributed by atoms with Crippen molar-refractivity contribution < 1.29 is 27.5 Å². The van der Waals surface area contributed by atoms with Crippen molar-refractivity contribution in [1.29, 1.82) is 0 Å². The van der Waals surface area contributed by atoms with Crippen molar-refractivity contribution in [3.63, 3.8) is 0 Å². The van der Waals surface area contributed by atoms with Gasteiger partial charge in [0.1, 0.15) is 5.57 Å². The highest BCUT2D eigenvalue weighted by atomic mass is 19.4. The summed E-state index contributed by atoms with van der Waals surface area (Å²) in [6.45, 7) is 4.93. The van der Waals surface area contributed by atoms with Crippen molar-refractivity contribution in [3.05, 3.63) is 11.3 Å². The molecule has 0 atom stereocenters. The molecule has 1 rings (SSSR count). The molecule has 8 heteroatoms. The maximum Gasteiger partial charge on any atom is 0.455 e. The van der Waals surface area contributed by atoms with Crippen molar-refractivity contribution in [2.24, 2.45) is 0 Å². The predicted molar refractivity (Wildman–Crippen MR) is 69.5 cm³/mol. The van der Waals surface area contributed by atoms with Crippen LogP contribution in [0.2, 0.25) is 0 Å². The molecule has 0 radical (unpaired) electrons. The predicted octanol–water partition coefficient (Wildman–Crippen LogP) is 1.20. The molecule has 0 unspecified atom stereocenters. The van der Waals surface area contributed by atoms with Crippen LogP contribution >= 0.6 is 0 Å². The number of likely N-dealkylation sites (N-methyl/N-ethyl adjacent to an activating group) is 1. The number of alkyl halides is 3. The van der Waals surface area contributed by atoms with Gasteiger partial charge in [0.15, 0.2) is 0 Å². The van der Waals surface area contributed by atoms with Gasteiger partial charge in [-0.3, -0.25) is 4.79 Å². The number of esters is 1. The summed E-state index contributed by atoms with van der Waals surface area (Å²) in [5, 5.41) is 0. The number of nitrogens with zero attached hydrogens (tertiary/aromatic N) is 2. The third-order valence-electron chi connectivity index (χ3n) is 3.30. The molecule has 1 aliphatic rings. The van der Waals surface area contributed by atoms with Crippen molar-refractivity contribution in [2.75, 3.05) is 39.8 Å². The third-order valence-corrected chi connectivity index (χ3v) is 3.30. The van der Waals surface area contributed by atoms with Crippen molar-refractivity contribution in [1.82, 2.24) is 9.80 Å².